The fraction of sp³-hybridized carbons (Fsp3) is 0.261. The topological polar surface area (TPSA) is 12.4 Å². The van der Waals surface area contributed by atoms with Gasteiger partial charge in [0.1, 0.15) is 0 Å². The predicted molar refractivity (Wildman–Crippen MR) is 115 cm³/mol. The highest BCUT2D eigenvalue weighted by Crippen LogP contribution is 2.29. The number of nitrogens with zero attached hydrogens (tertiary/aromatic N) is 1. The van der Waals surface area contributed by atoms with Crippen molar-refractivity contribution in [3.05, 3.63) is 77.9 Å². The van der Waals surface area contributed by atoms with Crippen LogP contribution in [0.2, 0.25) is 0 Å². The Morgan fingerprint density at radius 1 is 1.00 bits per heavy atom. The van der Waals surface area contributed by atoms with Gasteiger partial charge in [-0.15, -0.1) is 18.3 Å². The van der Waals surface area contributed by atoms with Crippen molar-refractivity contribution < 1.29 is 0 Å². The number of allylic oxidation sites excluding steroid dienone is 2. The van der Waals surface area contributed by atoms with E-state index in [1.807, 2.05) is 24.1 Å². The maximum Gasteiger partial charge on any atom is 0.0567 e. The monoisotopic (exact) mass is 349 g/mol. The molecule has 0 unspecified atom stereocenters. The van der Waals surface area contributed by atoms with Gasteiger partial charge < -0.3 is 0 Å². The summed E-state index contributed by atoms with van der Waals surface area (Å²) in [7, 11) is 0. The number of rotatable bonds is 8. The van der Waals surface area contributed by atoms with Crippen LogP contribution in [-0.2, 0) is 0 Å². The summed E-state index contributed by atoms with van der Waals surface area (Å²) >= 11 is 1.87. The Hall–Kier alpha value is -2.06. The normalized spacial score (nSPS) is 12.3. The van der Waals surface area contributed by atoms with Crippen LogP contribution in [0.1, 0.15) is 37.0 Å². The number of thioether (sulfide) groups is 1. The van der Waals surface area contributed by atoms with E-state index in [0.717, 1.165) is 12.2 Å². The van der Waals surface area contributed by atoms with Gasteiger partial charge in [0, 0.05) is 16.7 Å². The number of hydrogen-bond acceptors (Lipinski definition) is 2. The van der Waals surface area contributed by atoms with E-state index in [9.17, 15) is 0 Å². The first-order valence-corrected chi connectivity index (χ1v) is 9.82. The van der Waals surface area contributed by atoms with Crippen molar-refractivity contribution >= 4 is 29.1 Å². The van der Waals surface area contributed by atoms with Gasteiger partial charge in [0.2, 0.25) is 0 Å². The van der Waals surface area contributed by atoms with Gasteiger partial charge in [-0.25, -0.2) is 0 Å². The highest BCUT2D eigenvalue weighted by atomic mass is 32.2. The molecule has 0 saturated heterocycles. The van der Waals surface area contributed by atoms with Crippen molar-refractivity contribution in [3.8, 4) is 0 Å². The molecule has 0 radical (unpaired) electrons. The van der Waals surface area contributed by atoms with Crippen LogP contribution in [0.25, 0.3) is 11.1 Å². The van der Waals surface area contributed by atoms with E-state index in [4.69, 9.17) is 0 Å². The van der Waals surface area contributed by atoms with Crippen LogP contribution < -0.4 is 0 Å². The van der Waals surface area contributed by atoms with Crippen molar-refractivity contribution in [2.24, 2.45) is 4.99 Å². The zero-order valence-corrected chi connectivity index (χ0v) is 16.3. The van der Waals surface area contributed by atoms with E-state index >= 15 is 0 Å². The summed E-state index contributed by atoms with van der Waals surface area (Å²) in [5.41, 5.74) is 6.28. The zero-order chi connectivity index (χ0) is 18.1. The number of aryl methyl sites for hydroxylation is 1. The standard InChI is InChI=1S/C23H27NS/c1-5-16-24-17-23(20-12-14-21(15-13-20)25-7-3)22(6-2)19-10-8-18(4)9-11-19/h5,8-15,17H,1,6-7,16H2,2-4H3/b23-22-,24-17?. The van der Waals surface area contributed by atoms with Gasteiger partial charge in [0.05, 0.1) is 6.54 Å². The van der Waals surface area contributed by atoms with Gasteiger partial charge >= 0.3 is 0 Å². The van der Waals surface area contributed by atoms with Crippen LogP contribution in [0.4, 0.5) is 0 Å². The molecule has 0 aliphatic heterocycles. The molecule has 2 rings (SSSR count). The molecule has 0 heterocycles. The van der Waals surface area contributed by atoms with Crippen LogP contribution in [0, 0.1) is 6.92 Å². The number of aliphatic imine (C=N–C) groups is 1. The smallest absolute Gasteiger partial charge is 0.0567 e. The molecule has 0 aromatic heterocycles. The summed E-state index contributed by atoms with van der Waals surface area (Å²) in [6.45, 7) is 10.9. The van der Waals surface area contributed by atoms with Crippen LogP contribution in [0.5, 0.6) is 0 Å². The third-order valence-electron chi connectivity index (χ3n) is 4.01. The summed E-state index contributed by atoms with van der Waals surface area (Å²) in [5.74, 6) is 1.09. The molecule has 2 aromatic rings. The lowest BCUT2D eigenvalue weighted by Crippen LogP contribution is -1.95. The number of hydrogen-bond donors (Lipinski definition) is 0. The lowest BCUT2D eigenvalue weighted by atomic mass is 9.93. The molecule has 0 fully saturated rings. The predicted octanol–water partition coefficient (Wildman–Crippen LogP) is 6.68. The zero-order valence-electron chi connectivity index (χ0n) is 15.5. The summed E-state index contributed by atoms with van der Waals surface area (Å²) in [6.07, 6.45) is 4.79. The van der Waals surface area contributed by atoms with Crippen molar-refractivity contribution in [2.75, 3.05) is 12.3 Å². The fourth-order valence-electron chi connectivity index (χ4n) is 2.75. The highest BCUT2D eigenvalue weighted by Gasteiger charge is 2.09. The van der Waals surface area contributed by atoms with Crippen molar-refractivity contribution in [3.63, 3.8) is 0 Å². The summed E-state index contributed by atoms with van der Waals surface area (Å²) in [6, 6.07) is 17.6. The lowest BCUT2D eigenvalue weighted by Gasteiger charge is -2.13. The molecule has 2 aromatic carbocycles. The highest BCUT2D eigenvalue weighted by molar-refractivity contribution is 7.99. The molecule has 0 atom stereocenters. The van der Waals surface area contributed by atoms with E-state index < -0.39 is 0 Å². The second kappa shape index (κ2) is 10.0. The van der Waals surface area contributed by atoms with Crippen LogP contribution in [0.3, 0.4) is 0 Å². The summed E-state index contributed by atoms with van der Waals surface area (Å²) in [5, 5.41) is 0. The minimum Gasteiger partial charge on any atom is -0.288 e. The summed E-state index contributed by atoms with van der Waals surface area (Å²) in [4.78, 5) is 5.84. The van der Waals surface area contributed by atoms with Crippen LogP contribution in [0.15, 0.2) is 71.1 Å². The van der Waals surface area contributed by atoms with E-state index in [0.29, 0.717) is 6.54 Å². The van der Waals surface area contributed by atoms with Crippen molar-refractivity contribution in [1.82, 2.24) is 0 Å². The first-order chi connectivity index (χ1) is 12.2. The van der Waals surface area contributed by atoms with Gasteiger partial charge in [-0.05, 0) is 47.9 Å². The van der Waals surface area contributed by atoms with Gasteiger partial charge in [0.15, 0.2) is 0 Å². The molecule has 0 spiro atoms. The third-order valence-corrected chi connectivity index (χ3v) is 4.90. The van der Waals surface area contributed by atoms with Crippen molar-refractivity contribution in [1.29, 1.82) is 0 Å². The Balaban J connectivity index is 2.51. The minimum atomic E-state index is 0.637. The van der Waals surface area contributed by atoms with Crippen molar-refractivity contribution in [2.45, 2.75) is 32.1 Å². The Morgan fingerprint density at radius 3 is 2.20 bits per heavy atom. The third kappa shape index (κ3) is 5.47. The molecule has 0 aliphatic rings. The minimum absolute atomic E-state index is 0.637. The lowest BCUT2D eigenvalue weighted by molar-refractivity contribution is 1.23. The van der Waals surface area contributed by atoms with E-state index in [1.54, 1.807) is 0 Å². The maximum absolute atomic E-state index is 4.53. The Morgan fingerprint density at radius 2 is 1.64 bits per heavy atom. The van der Waals surface area contributed by atoms with E-state index in [2.05, 4.69) is 80.9 Å². The molecule has 0 aliphatic carbocycles. The van der Waals surface area contributed by atoms with Crippen LogP contribution >= 0.6 is 11.8 Å². The fourth-order valence-corrected chi connectivity index (χ4v) is 3.41. The number of benzene rings is 2. The molecule has 130 valence electrons. The van der Waals surface area contributed by atoms with E-state index in [1.165, 1.54) is 32.7 Å². The van der Waals surface area contributed by atoms with Gasteiger partial charge in [-0.1, -0.05) is 61.9 Å². The quantitative estimate of drug-likeness (QED) is 0.224. The Labute approximate surface area is 156 Å². The first-order valence-electron chi connectivity index (χ1n) is 8.83. The molecule has 1 nitrogen and oxygen atoms in total. The molecule has 2 heteroatoms. The second-order valence-electron chi connectivity index (χ2n) is 5.85. The maximum atomic E-state index is 4.53. The Bertz CT molecular complexity index is 737. The molecular weight excluding hydrogens is 322 g/mol. The SMILES string of the molecule is C=CCN=C/C(=C(\CC)c1ccc(C)cc1)c1ccc(SCC)cc1. The average Bonchev–Trinajstić information content (AvgIpc) is 2.63. The molecule has 0 amide bonds. The molecular formula is C23H27NS. The first kappa shape index (κ1) is 19.3. The largest absolute Gasteiger partial charge is 0.288 e. The Kier molecular flexibility index (Phi) is 7.75. The molecule has 0 bridgehead atoms. The molecule has 25 heavy (non-hydrogen) atoms. The second-order valence-corrected chi connectivity index (χ2v) is 7.19. The average molecular weight is 350 g/mol. The molecule has 0 N–H and O–H groups in total. The summed E-state index contributed by atoms with van der Waals surface area (Å²) < 4.78 is 0. The van der Waals surface area contributed by atoms with Gasteiger partial charge in [-0.2, -0.15) is 0 Å². The molecule has 0 saturated carbocycles. The van der Waals surface area contributed by atoms with E-state index in [-0.39, 0.29) is 0 Å². The van der Waals surface area contributed by atoms with Gasteiger partial charge in [0.25, 0.3) is 0 Å². The van der Waals surface area contributed by atoms with Gasteiger partial charge in [-0.3, -0.25) is 4.99 Å². The van der Waals surface area contributed by atoms with Crippen LogP contribution in [-0.4, -0.2) is 18.5 Å².